The normalized spacial score (nSPS) is 13.8. The molecule has 5 rings (SSSR count). The van der Waals surface area contributed by atoms with Crippen LogP contribution in [0.2, 0.25) is 0 Å². The van der Waals surface area contributed by atoms with Crippen LogP contribution in [0.25, 0.3) is 22.0 Å². The second-order valence-corrected chi connectivity index (χ2v) is 7.54. The average Bonchev–Trinajstić information content (AvgIpc) is 2.85. The monoisotopic (exact) mass is 407 g/mol. The summed E-state index contributed by atoms with van der Waals surface area (Å²) in [6, 6.07) is 26.6. The summed E-state index contributed by atoms with van der Waals surface area (Å²) in [6.45, 7) is 1.13. The maximum absolute atomic E-state index is 13.5. The predicted octanol–water partition coefficient (Wildman–Crippen LogP) is 4.32. The molecule has 0 saturated heterocycles. The summed E-state index contributed by atoms with van der Waals surface area (Å²) in [5, 5.41) is 5.59. The number of amides is 1. The van der Waals surface area contributed by atoms with Crippen LogP contribution in [0.3, 0.4) is 0 Å². The van der Waals surface area contributed by atoms with E-state index in [4.69, 9.17) is 0 Å². The Balaban J connectivity index is 1.54. The molecule has 5 nitrogen and oxygen atoms in total. The number of nitrogens with zero attached hydrogens (tertiary/aromatic N) is 3. The van der Waals surface area contributed by atoms with Crippen molar-refractivity contribution in [1.29, 1.82) is 0 Å². The zero-order valence-corrected chi connectivity index (χ0v) is 16.9. The third-order valence-corrected chi connectivity index (χ3v) is 5.65. The summed E-state index contributed by atoms with van der Waals surface area (Å²) in [4.78, 5) is 28.3. The van der Waals surface area contributed by atoms with Gasteiger partial charge in [-0.3, -0.25) is 9.59 Å². The number of carbonyl (C=O) groups is 1. The van der Waals surface area contributed by atoms with Crippen molar-refractivity contribution >= 4 is 22.3 Å². The van der Waals surface area contributed by atoms with Gasteiger partial charge in [-0.2, -0.15) is 9.78 Å². The van der Waals surface area contributed by atoms with Crippen molar-refractivity contribution < 1.29 is 4.79 Å². The highest BCUT2D eigenvalue weighted by Crippen LogP contribution is 2.24. The molecule has 4 aromatic rings. The van der Waals surface area contributed by atoms with Crippen molar-refractivity contribution in [3.63, 3.8) is 0 Å². The smallest absolute Gasteiger partial charge is 0.279 e. The lowest BCUT2D eigenvalue weighted by Gasteiger charge is -2.27. The van der Waals surface area contributed by atoms with Crippen molar-refractivity contribution in [2.45, 2.75) is 6.42 Å². The van der Waals surface area contributed by atoms with Crippen LogP contribution in [0, 0.1) is 0 Å². The van der Waals surface area contributed by atoms with Crippen molar-refractivity contribution in [1.82, 2.24) is 14.7 Å². The molecule has 0 saturated carbocycles. The molecule has 2 heterocycles. The van der Waals surface area contributed by atoms with Crippen LogP contribution >= 0.6 is 0 Å². The van der Waals surface area contributed by atoms with Crippen LogP contribution in [-0.4, -0.2) is 33.7 Å². The number of hydrogen-bond acceptors (Lipinski definition) is 3. The fourth-order valence-electron chi connectivity index (χ4n) is 4.01. The Labute approximate surface area is 179 Å². The van der Waals surface area contributed by atoms with Gasteiger partial charge in [0.15, 0.2) is 5.69 Å². The Hall–Kier alpha value is -3.99. The Bertz CT molecular complexity index is 1340. The maximum Gasteiger partial charge on any atom is 0.279 e. The quantitative estimate of drug-likeness (QED) is 0.508. The molecule has 0 bridgehead atoms. The van der Waals surface area contributed by atoms with Gasteiger partial charge in [0.2, 0.25) is 0 Å². The summed E-state index contributed by atoms with van der Waals surface area (Å²) >= 11 is 0. The number of hydrogen-bond donors (Lipinski definition) is 0. The molecule has 0 spiro atoms. The molecule has 31 heavy (non-hydrogen) atoms. The summed E-state index contributed by atoms with van der Waals surface area (Å²) in [5.41, 5.74) is 3.14. The lowest BCUT2D eigenvalue weighted by molar-refractivity contribution is 0.0767. The van der Waals surface area contributed by atoms with E-state index in [9.17, 15) is 9.59 Å². The van der Waals surface area contributed by atoms with E-state index >= 15 is 0 Å². The molecule has 0 unspecified atom stereocenters. The number of fused-ring (bicyclic) bond motifs is 1. The van der Waals surface area contributed by atoms with Gasteiger partial charge in [-0.25, -0.2) is 0 Å². The van der Waals surface area contributed by atoms with Crippen molar-refractivity contribution in [3.8, 4) is 5.69 Å². The van der Waals surface area contributed by atoms with Crippen molar-refractivity contribution in [2.24, 2.45) is 0 Å². The van der Waals surface area contributed by atoms with E-state index < -0.39 is 0 Å². The number of carbonyl (C=O) groups excluding carboxylic acids is 1. The van der Waals surface area contributed by atoms with Crippen LogP contribution < -0.4 is 5.56 Å². The summed E-state index contributed by atoms with van der Waals surface area (Å²) in [7, 11) is 0. The van der Waals surface area contributed by atoms with Gasteiger partial charge in [-0.05, 0) is 35.8 Å². The van der Waals surface area contributed by atoms with E-state index in [0.717, 1.165) is 6.42 Å². The van der Waals surface area contributed by atoms with E-state index in [1.807, 2.05) is 60.7 Å². The topological polar surface area (TPSA) is 55.2 Å². The largest absolute Gasteiger partial charge is 0.333 e. The molecule has 5 heteroatoms. The third kappa shape index (κ3) is 3.55. The van der Waals surface area contributed by atoms with Crippen molar-refractivity contribution in [2.75, 3.05) is 13.1 Å². The van der Waals surface area contributed by atoms with Crippen LogP contribution in [0.4, 0.5) is 0 Å². The molecule has 1 amide bonds. The number of benzene rings is 3. The van der Waals surface area contributed by atoms with Crippen LogP contribution in [0.15, 0.2) is 95.8 Å². The fraction of sp³-hybridized carbons (Fsp3) is 0.115. The first-order valence-corrected chi connectivity index (χ1v) is 10.3. The molecular weight excluding hydrogens is 386 g/mol. The highest BCUT2D eigenvalue weighted by atomic mass is 16.2. The molecular formula is C26H21N3O2. The van der Waals surface area contributed by atoms with Gasteiger partial charge in [-0.1, -0.05) is 72.8 Å². The zero-order chi connectivity index (χ0) is 21.2. The van der Waals surface area contributed by atoms with E-state index in [1.165, 1.54) is 15.8 Å². The Morgan fingerprint density at radius 3 is 2.13 bits per heavy atom. The Morgan fingerprint density at radius 2 is 1.45 bits per heavy atom. The Kier molecular flexibility index (Phi) is 4.92. The molecule has 0 radical (unpaired) electrons. The highest BCUT2D eigenvalue weighted by molar-refractivity contribution is 6.05. The van der Waals surface area contributed by atoms with E-state index in [0.29, 0.717) is 35.2 Å². The predicted molar refractivity (Wildman–Crippen MR) is 122 cm³/mol. The second kappa shape index (κ2) is 8.03. The minimum Gasteiger partial charge on any atom is -0.333 e. The fourth-order valence-corrected chi connectivity index (χ4v) is 4.01. The van der Waals surface area contributed by atoms with Crippen LogP contribution in [0.5, 0.6) is 0 Å². The number of aromatic nitrogens is 2. The van der Waals surface area contributed by atoms with Crippen LogP contribution in [-0.2, 0) is 0 Å². The third-order valence-electron chi connectivity index (χ3n) is 5.65. The standard InChI is InChI=1S/C26H21N3O2/c30-25-23-14-8-7-13-22(23)24(27-29(25)21-11-5-2-6-12-21)26(31)28-17-15-20(16-18-28)19-9-3-1-4-10-19/h1-15H,16-18H2. The zero-order valence-electron chi connectivity index (χ0n) is 16.9. The first kappa shape index (κ1) is 19.0. The lowest BCUT2D eigenvalue weighted by Crippen LogP contribution is -2.37. The molecule has 0 aliphatic carbocycles. The van der Waals surface area contributed by atoms with Crippen molar-refractivity contribution in [3.05, 3.63) is 113 Å². The lowest BCUT2D eigenvalue weighted by atomic mass is 9.99. The molecule has 1 aliphatic heterocycles. The van der Waals surface area contributed by atoms with E-state index in [2.05, 4.69) is 23.3 Å². The molecule has 152 valence electrons. The Morgan fingerprint density at radius 1 is 0.806 bits per heavy atom. The summed E-state index contributed by atoms with van der Waals surface area (Å²) < 4.78 is 1.32. The summed E-state index contributed by atoms with van der Waals surface area (Å²) in [5.74, 6) is -0.163. The average molecular weight is 407 g/mol. The minimum atomic E-state index is -0.233. The molecule has 1 aliphatic rings. The number of rotatable bonds is 3. The van der Waals surface area contributed by atoms with Gasteiger partial charge in [0.05, 0.1) is 11.1 Å². The van der Waals surface area contributed by atoms with E-state index in [1.54, 1.807) is 17.0 Å². The molecule has 0 fully saturated rings. The first-order valence-electron chi connectivity index (χ1n) is 10.3. The molecule has 3 aromatic carbocycles. The summed E-state index contributed by atoms with van der Waals surface area (Å²) in [6.07, 6.45) is 2.89. The van der Waals surface area contributed by atoms with Gasteiger partial charge < -0.3 is 4.90 Å². The number of para-hydroxylation sites is 1. The molecule has 0 atom stereocenters. The molecule has 0 N–H and O–H groups in total. The van der Waals surface area contributed by atoms with E-state index in [-0.39, 0.29) is 11.5 Å². The second-order valence-electron chi connectivity index (χ2n) is 7.54. The first-order chi connectivity index (χ1) is 15.2. The van der Waals surface area contributed by atoms with Gasteiger partial charge in [0.1, 0.15) is 0 Å². The van der Waals surface area contributed by atoms with Gasteiger partial charge in [0, 0.05) is 18.5 Å². The highest BCUT2D eigenvalue weighted by Gasteiger charge is 2.24. The SMILES string of the molecule is O=C(c1nn(-c2ccccc2)c(=O)c2ccccc12)N1CC=C(c2ccccc2)CC1. The van der Waals surface area contributed by atoms with Crippen LogP contribution in [0.1, 0.15) is 22.5 Å². The molecule has 1 aromatic heterocycles. The maximum atomic E-state index is 13.5. The van der Waals surface area contributed by atoms with Gasteiger partial charge >= 0.3 is 0 Å². The van der Waals surface area contributed by atoms with Gasteiger partial charge in [0.25, 0.3) is 11.5 Å². The minimum absolute atomic E-state index is 0.163. The van der Waals surface area contributed by atoms with Gasteiger partial charge in [-0.15, -0.1) is 0 Å².